The van der Waals surface area contributed by atoms with Crippen molar-refractivity contribution in [2.24, 2.45) is 5.92 Å². The van der Waals surface area contributed by atoms with E-state index < -0.39 is 6.04 Å². The number of thioether (sulfide) groups is 1. The Morgan fingerprint density at radius 2 is 1.50 bits per heavy atom. The second-order valence-electron chi connectivity index (χ2n) is 9.91. The van der Waals surface area contributed by atoms with Crippen LogP contribution in [0.5, 0.6) is 0 Å². The van der Waals surface area contributed by atoms with E-state index >= 15 is 0 Å². The van der Waals surface area contributed by atoms with Gasteiger partial charge in [-0.3, -0.25) is 9.59 Å². The molecule has 1 aliphatic rings. The van der Waals surface area contributed by atoms with E-state index in [9.17, 15) is 9.59 Å². The fourth-order valence-corrected chi connectivity index (χ4v) is 6.57. The van der Waals surface area contributed by atoms with Crippen LogP contribution >= 0.6 is 11.8 Å². The molecule has 2 amide bonds. The second kappa shape index (κ2) is 12.3. The van der Waals surface area contributed by atoms with Gasteiger partial charge in [-0.1, -0.05) is 92.7 Å². The number of nitrogens with one attached hydrogen (secondary N) is 1. The fraction of sp³-hybridized carbons (Fsp3) is 0.355. The van der Waals surface area contributed by atoms with Gasteiger partial charge >= 0.3 is 0 Å². The Hall–Kier alpha value is -3.05. The van der Waals surface area contributed by atoms with Crippen LogP contribution in [0.2, 0.25) is 0 Å². The van der Waals surface area contributed by atoms with E-state index in [2.05, 4.69) is 67.7 Å². The van der Waals surface area contributed by atoms with Gasteiger partial charge in [0.05, 0.1) is 5.37 Å². The molecule has 4 nitrogen and oxygen atoms in total. The summed E-state index contributed by atoms with van der Waals surface area (Å²) in [4.78, 5) is 28.9. The van der Waals surface area contributed by atoms with Crippen LogP contribution in [0.25, 0.3) is 0 Å². The lowest BCUT2D eigenvalue weighted by Gasteiger charge is -2.30. The second-order valence-corrected chi connectivity index (χ2v) is 11.1. The third-order valence-corrected chi connectivity index (χ3v) is 8.13. The van der Waals surface area contributed by atoms with Gasteiger partial charge in [-0.25, -0.2) is 0 Å². The molecular weight excluding hydrogens is 464 g/mol. The van der Waals surface area contributed by atoms with E-state index in [-0.39, 0.29) is 23.1 Å². The minimum Gasteiger partial charge on any atom is -0.354 e. The summed E-state index contributed by atoms with van der Waals surface area (Å²) < 4.78 is 0. The summed E-state index contributed by atoms with van der Waals surface area (Å²) in [5.41, 5.74) is 4.10. The predicted octanol–water partition coefficient (Wildman–Crippen LogP) is 6.26. The zero-order valence-electron chi connectivity index (χ0n) is 21.4. The first-order chi connectivity index (χ1) is 17.5. The Balaban J connectivity index is 1.48. The van der Waals surface area contributed by atoms with Gasteiger partial charge in [-0.2, -0.15) is 0 Å². The summed E-state index contributed by atoms with van der Waals surface area (Å²) in [6, 6.07) is 28.1. The third kappa shape index (κ3) is 6.19. The molecule has 188 valence electrons. The highest BCUT2D eigenvalue weighted by Gasteiger charge is 2.42. The molecule has 5 heteroatoms. The Kier molecular flexibility index (Phi) is 8.87. The van der Waals surface area contributed by atoms with Crippen LogP contribution < -0.4 is 5.32 Å². The molecule has 1 N–H and O–H groups in total. The minimum atomic E-state index is -0.460. The summed E-state index contributed by atoms with van der Waals surface area (Å²) >= 11 is 1.72. The van der Waals surface area contributed by atoms with Crippen LogP contribution in [0.3, 0.4) is 0 Å². The molecule has 4 rings (SSSR count). The number of carbonyl (C=O) groups excluding carboxylic acids is 2. The Labute approximate surface area is 219 Å². The maximum absolute atomic E-state index is 13.7. The number of nitrogens with zero attached hydrogens (tertiary/aromatic N) is 1. The molecule has 3 aromatic carbocycles. The highest BCUT2D eigenvalue weighted by atomic mass is 32.2. The van der Waals surface area contributed by atoms with Crippen LogP contribution in [0, 0.1) is 12.8 Å². The van der Waals surface area contributed by atoms with E-state index in [0.717, 1.165) is 18.4 Å². The monoisotopic (exact) mass is 500 g/mol. The lowest BCUT2D eigenvalue weighted by atomic mass is 9.88. The van der Waals surface area contributed by atoms with E-state index in [4.69, 9.17) is 0 Å². The van der Waals surface area contributed by atoms with Crippen molar-refractivity contribution in [3.8, 4) is 0 Å². The molecule has 36 heavy (non-hydrogen) atoms. The standard InChI is InChI=1S/C31H36N2O2S/c1-22(2)20-29-33(31(35)26-17-11-10-12-23(26)3)28(21-36-29)30(34)32-19-18-27(24-13-6-4-7-14-24)25-15-8-5-9-16-25/h4-17,22,27-29H,18-21H2,1-3H3,(H,32,34). The lowest BCUT2D eigenvalue weighted by Crippen LogP contribution is -2.50. The van der Waals surface area contributed by atoms with Gasteiger partial charge in [0.2, 0.25) is 5.91 Å². The molecule has 1 fully saturated rings. The molecule has 2 atom stereocenters. The molecule has 1 saturated heterocycles. The van der Waals surface area contributed by atoms with Crippen molar-refractivity contribution in [3.63, 3.8) is 0 Å². The van der Waals surface area contributed by atoms with Crippen molar-refractivity contribution in [2.75, 3.05) is 12.3 Å². The van der Waals surface area contributed by atoms with Crippen molar-refractivity contribution in [2.45, 2.75) is 50.9 Å². The highest BCUT2D eigenvalue weighted by Crippen LogP contribution is 2.35. The molecule has 0 saturated carbocycles. The number of carbonyl (C=O) groups is 2. The van der Waals surface area contributed by atoms with Crippen LogP contribution in [-0.4, -0.2) is 40.4 Å². The molecule has 0 spiro atoms. The fourth-order valence-electron chi connectivity index (χ4n) is 4.93. The van der Waals surface area contributed by atoms with Gasteiger partial charge in [0.1, 0.15) is 6.04 Å². The SMILES string of the molecule is Cc1ccccc1C(=O)N1C(CC(C)C)SCC1C(=O)NCCC(c1ccccc1)c1ccccc1. The number of aryl methyl sites for hydroxylation is 1. The van der Waals surface area contributed by atoms with Gasteiger partial charge < -0.3 is 10.2 Å². The Bertz CT molecular complexity index is 1110. The summed E-state index contributed by atoms with van der Waals surface area (Å²) in [7, 11) is 0. The number of hydrogen-bond donors (Lipinski definition) is 1. The van der Waals surface area contributed by atoms with Crippen LogP contribution in [0.15, 0.2) is 84.9 Å². The third-order valence-electron chi connectivity index (χ3n) is 6.81. The first-order valence-corrected chi connectivity index (χ1v) is 13.9. The number of amides is 2. The van der Waals surface area contributed by atoms with Crippen molar-refractivity contribution in [1.29, 1.82) is 0 Å². The number of rotatable bonds is 9. The summed E-state index contributed by atoms with van der Waals surface area (Å²) in [6.45, 7) is 6.83. The molecule has 3 aromatic rings. The van der Waals surface area contributed by atoms with Gasteiger partial charge in [0.25, 0.3) is 5.91 Å². The average molecular weight is 501 g/mol. The Morgan fingerprint density at radius 1 is 0.917 bits per heavy atom. The Morgan fingerprint density at radius 3 is 2.08 bits per heavy atom. The van der Waals surface area contributed by atoms with Gasteiger partial charge in [0, 0.05) is 23.8 Å². The van der Waals surface area contributed by atoms with Gasteiger partial charge in [-0.15, -0.1) is 11.8 Å². The largest absolute Gasteiger partial charge is 0.354 e. The first-order valence-electron chi connectivity index (χ1n) is 12.8. The number of hydrogen-bond acceptors (Lipinski definition) is 3. The normalized spacial score (nSPS) is 17.5. The van der Waals surface area contributed by atoms with E-state index in [0.29, 0.717) is 23.8 Å². The first kappa shape index (κ1) is 26.0. The lowest BCUT2D eigenvalue weighted by molar-refractivity contribution is -0.124. The number of benzene rings is 3. The molecule has 0 radical (unpaired) electrons. The quantitative estimate of drug-likeness (QED) is 0.377. The van der Waals surface area contributed by atoms with Crippen molar-refractivity contribution >= 4 is 23.6 Å². The predicted molar refractivity (Wildman–Crippen MR) is 149 cm³/mol. The molecule has 0 aliphatic carbocycles. The van der Waals surface area contributed by atoms with E-state index in [1.54, 1.807) is 11.8 Å². The van der Waals surface area contributed by atoms with Crippen LogP contribution in [-0.2, 0) is 4.79 Å². The molecule has 1 heterocycles. The zero-order valence-corrected chi connectivity index (χ0v) is 22.2. The zero-order chi connectivity index (χ0) is 25.5. The van der Waals surface area contributed by atoms with Crippen LogP contribution in [0.1, 0.15) is 59.7 Å². The summed E-state index contributed by atoms with van der Waals surface area (Å²) in [6.07, 6.45) is 1.66. The maximum Gasteiger partial charge on any atom is 0.255 e. The topological polar surface area (TPSA) is 49.4 Å². The van der Waals surface area contributed by atoms with Crippen molar-refractivity contribution in [3.05, 3.63) is 107 Å². The summed E-state index contributed by atoms with van der Waals surface area (Å²) in [5, 5.41) is 3.18. The highest BCUT2D eigenvalue weighted by molar-refractivity contribution is 8.00. The smallest absolute Gasteiger partial charge is 0.255 e. The molecular formula is C31H36N2O2S. The molecule has 2 unspecified atom stereocenters. The minimum absolute atomic E-state index is 0.00856. The van der Waals surface area contributed by atoms with Gasteiger partial charge in [-0.05, 0) is 48.4 Å². The van der Waals surface area contributed by atoms with Crippen molar-refractivity contribution < 1.29 is 9.59 Å². The average Bonchev–Trinajstić information content (AvgIpc) is 3.30. The molecule has 0 bridgehead atoms. The van der Waals surface area contributed by atoms with Gasteiger partial charge in [0.15, 0.2) is 0 Å². The molecule has 0 aromatic heterocycles. The van der Waals surface area contributed by atoms with Crippen LogP contribution in [0.4, 0.5) is 0 Å². The van der Waals surface area contributed by atoms with Crippen molar-refractivity contribution in [1.82, 2.24) is 10.2 Å². The summed E-state index contributed by atoms with van der Waals surface area (Å²) in [5.74, 6) is 1.16. The maximum atomic E-state index is 13.7. The van der Waals surface area contributed by atoms with E-state index in [1.165, 1.54) is 11.1 Å². The molecule has 1 aliphatic heterocycles. The van der Waals surface area contributed by atoms with E-state index in [1.807, 2.05) is 48.2 Å².